The molecule has 1 amide bonds. The molecule has 1 aliphatic rings. The third kappa shape index (κ3) is 3.76. The van der Waals surface area contributed by atoms with Gasteiger partial charge in [-0.25, -0.2) is 0 Å². The van der Waals surface area contributed by atoms with Gasteiger partial charge in [0.2, 0.25) is 0 Å². The number of aromatic nitrogens is 1. The lowest BCUT2D eigenvalue weighted by Crippen LogP contribution is -2.40. The fraction of sp³-hybridized carbons (Fsp3) is 0.304. The van der Waals surface area contributed by atoms with Gasteiger partial charge in [0.15, 0.2) is 0 Å². The summed E-state index contributed by atoms with van der Waals surface area (Å²) in [5, 5.41) is 0.868. The highest BCUT2D eigenvalue weighted by molar-refractivity contribution is 6.06. The topological polar surface area (TPSA) is 77.6 Å². The lowest BCUT2D eigenvalue weighted by Gasteiger charge is -2.35. The number of rotatable bonds is 5. The Bertz CT molecular complexity index is 1080. The highest BCUT2D eigenvalue weighted by Gasteiger charge is 2.27. The first-order chi connectivity index (χ1) is 14.1. The van der Waals surface area contributed by atoms with E-state index in [1.807, 2.05) is 42.5 Å². The van der Waals surface area contributed by atoms with Crippen LogP contribution in [0.25, 0.3) is 10.9 Å². The molecule has 29 heavy (non-hydrogen) atoms. The van der Waals surface area contributed by atoms with E-state index in [-0.39, 0.29) is 17.2 Å². The molecule has 0 atom stereocenters. The predicted octanol–water partition coefficient (Wildman–Crippen LogP) is 2.82. The molecule has 2 aromatic carbocycles. The predicted molar refractivity (Wildman–Crippen MR) is 114 cm³/mol. The number of nitrogens with zero attached hydrogens (tertiary/aromatic N) is 2. The molecule has 0 unspecified atom stereocenters. The van der Waals surface area contributed by atoms with E-state index < -0.39 is 5.91 Å². The maximum atomic E-state index is 12.8. The molecule has 2 N–H and O–H groups in total. The number of fused-ring (bicyclic) bond motifs is 1. The first-order valence-electron chi connectivity index (χ1n) is 9.88. The highest BCUT2D eigenvalue weighted by Crippen LogP contribution is 2.31. The van der Waals surface area contributed by atoms with Crippen LogP contribution in [0.3, 0.4) is 0 Å². The van der Waals surface area contributed by atoms with E-state index in [9.17, 15) is 9.59 Å². The Labute approximate surface area is 169 Å². The lowest BCUT2D eigenvalue weighted by atomic mass is 10.0. The Morgan fingerprint density at radius 1 is 1.07 bits per heavy atom. The number of anilines is 1. The second-order valence-corrected chi connectivity index (χ2v) is 7.45. The minimum absolute atomic E-state index is 0.0647. The van der Waals surface area contributed by atoms with Crippen LogP contribution in [0.4, 0.5) is 5.69 Å². The van der Waals surface area contributed by atoms with Crippen LogP contribution >= 0.6 is 0 Å². The molecular weight excluding hydrogens is 366 g/mol. The third-order valence-electron chi connectivity index (χ3n) is 5.61. The molecule has 1 aliphatic heterocycles. The smallest absolute Gasteiger partial charge is 0.265 e. The number of hydrogen-bond acceptors (Lipinski definition) is 4. The van der Waals surface area contributed by atoms with Crippen molar-refractivity contribution in [1.29, 1.82) is 0 Å². The molecule has 0 bridgehead atoms. The van der Waals surface area contributed by atoms with E-state index in [4.69, 9.17) is 10.5 Å². The zero-order chi connectivity index (χ0) is 20.4. The summed E-state index contributed by atoms with van der Waals surface area (Å²) >= 11 is 0. The number of benzene rings is 2. The van der Waals surface area contributed by atoms with Crippen LogP contribution in [0.2, 0.25) is 0 Å². The Morgan fingerprint density at radius 3 is 2.41 bits per heavy atom. The number of pyridine rings is 1. The van der Waals surface area contributed by atoms with Crippen molar-refractivity contribution in [3.05, 3.63) is 76.1 Å². The fourth-order valence-electron chi connectivity index (χ4n) is 4.06. The van der Waals surface area contributed by atoms with Gasteiger partial charge in [-0.3, -0.25) is 9.59 Å². The van der Waals surface area contributed by atoms with Crippen LogP contribution < -0.4 is 16.2 Å². The van der Waals surface area contributed by atoms with Crippen molar-refractivity contribution < 1.29 is 9.53 Å². The Kier molecular flexibility index (Phi) is 5.36. The summed E-state index contributed by atoms with van der Waals surface area (Å²) in [6.07, 6.45) is 1.81. The first kappa shape index (κ1) is 19.2. The van der Waals surface area contributed by atoms with Crippen molar-refractivity contribution >= 4 is 22.5 Å². The number of piperidine rings is 1. The fourth-order valence-corrected chi connectivity index (χ4v) is 4.06. The minimum atomic E-state index is -0.686. The van der Waals surface area contributed by atoms with Crippen LogP contribution in [-0.4, -0.2) is 29.7 Å². The molecule has 2 heterocycles. The monoisotopic (exact) mass is 391 g/mol. The van der Waals surface area contributed by atoms with Crippen molar-refractivity contribution in [2.24, 2.45) is 12.8 Å². The largest absolute Gasteiger partial charge is 0.373 e. The van der Waals surface area contributed by atoms with Crippen LogP contribution in [0.5, 0.6) is 0 Å². The molecule has 0 radical (unpaired) electrons. The number of carbonyl (C=O) groups excluding carboxylic acids is 1. The molecule has 1 saturated heterocycles. The second kappa shape index (κ2) is 8.09. The van der Waals surface area contributed by atoms with Gasteiger partial charge in [-0.05, 0) is 24.5 Å². The maximum absolute atomic E-state index is 12.8. The van der Waals surface area contributed by atoms with E-state index in [0.717, 1.165) is 29.3 Å². The van der Waals surface area contributed by atoms with Gasteiger partial charge >= 0.3 is 0 Å². The lowest BCUT2D eigenvalue weighted by molar-refractivity contribution is 0.0251. The third-order valence-corrected chi connectivity index (χ3v) is 5.61. The summed E-state index contributed by atoms with van der Waals surface area (Å²) < 4.78 is 7.57. The van der Waals surface area contributed by atoms with E-state index in [0.29, 0.717) is 25.4 Å². The van der Waals surface area contributed by atoms with E-state index in [2.05, 4.69) is 17.0 Å². The Hall–Kier alpha value is -3.12. The number of aryl methyl sites for hydroxylation is 1. The van der Waals surface area contributed by atoms with Gasteiger partial charge < -0.3 is 19.9 Å². The van der Waals surface area contributed by atoms with Gasteiger partial charge in [-0.2, -0.15) is 0 Å². The van der Waals surface area contributed by atoms with Gasteiger partial charge in [0.1, 0.15) is 5.56 Å². The van der Waals surface area contributed by atoms with Crippen molar-refractivity contribution in [2.75, 3.05) is 18.0 Å². The molecule has 150 valence electrons. The van der Waals surface area contributed by atoms with Crippen molar-refractivity contribution in [3.8, 4) is 0 Å². The molecule has 0 saturated carbocycles. The molecule has 1 aromatic heterocycles. The Balaban J connectivity index is 1.58. The van der Waals surface area contributed by atoms with Crippen LogP contribution in [0.15, 0.2) is 59.4 Å². The number of nitrogens with two attached hydrogens (primary N) is 1. The second-order valence-electron chi connectivity index (χ2n) is 7.45. The summed E-state index contributed by atoms with van der Waals surface area (Å²) in [5.41, 5.74) is 7.93. The van der Waals surface area contributed by atoms with Gasteiger partial charge in [0.25, 0.3) is 11.5 Å². The minimum Gasteiger partial charge on any atom is -0.373 e. The number of carbonyl (C=O) groups is 1. The van der Waals surface area contributed by atoms with Crippen LogP contribution in [-0.2, 0) is 18.4 Å². The van der Waals surface area contributed by atoms with Crippen LogP contribution in [0.1, 0.15) is 28.8 Å². The summed E-state index contributed by atoms with van der Waals surface area (Å²) in [6.45, 7) is 2.00. The number of amides is 1. The molecule has 0 spiro atoms. The van der Waals surface area contributed by atoms with E-state index in [1.54, 1.807) is 7.05 Å². The number of ether oxygens (including phenoxy) is 1. The zero-order valence-corrected chi connectivity index (χ0v) is 16.5. The molecule has 1 fully saturated rings. The normalized spacial score (nSPS) is 15.0. The van der Waals surface area contributed by atoms with Gasteiger partial charge in [0.05, 0.1) is 23.9 Å². The number of hydrogen-bond donors (Lipinski definition) is 1. The molecule has 0 aliphatic carbocycles. The number of primary amides is 1. The molecule has 3 aromatic rings. The average Bonchev–Trinajstić information content (AvgIpc) is 2.75. The van der Waals surface area contributed by atoms with Gasteiger partial charge in [0, 0.05) is 25.5 Å². The summed E-state index contributed by atoms with van der Waals surface area (Å²) in [7, 11) is 1.67. The van der Waals surface area contributed by atoms with Crippen LogP contribution in [0, 0.1) is 0 Å². The maximum Gasteiger partial charge on any atom is 0.265 e. The van der Waals surface area contributed by atoms with Crippen molar-refractivity contribution in [2.45, 2.75) is 25.6 Å². The first-order valence-corrected chi connectivity index (χ1v) is 9.88. The quantitative estimate of drug-likeness (QED) is 0.726. The summed E-state index contributed by atoms with van der Waals surface area (Å²) in [6, 6.07) is 17.7. The number of para-hydroxylation sites is 1. The van der Waals surface area contributed by atoms with Crippen molar-refractivity contribution in [1.82, 2.24) is 4.57 Å². The molecule has 4 rings (SSSR count). The summed E-state index contributed by atoms with van der Waals surface area (Å²) in [4.78, 5) is 27.1. The van der Waals surface area contributed by atoms with E-state index >= 15 is 0 Å². The standard InChI is InChI=1S/C23H25N3O3/c1-25-19-10-6-5-9-18(19)21(20(22(24)27)23(25)28)26-13-11-17(12-14-26)29-15-16-7-3-2-4-8-16/h2-10,17H,11-15H2,1H3,(H2,24,27). The summed E-state index contributed by atoms with van der Waals surface area (Å²) in [5.74, 6) is -0.686. The van der Waals surface area contributed by atoms with Crippen molar-refractivity contribution in [3.63, 3.8) is 0 Å². The SMILES string of the molecule is Cn1c(=O)c(C(N)=O)c(N2CCC(OCc3ccccc3)CC2)c2ccccc21. The van der Waals surface area contributed by atoms with E-state index in [1.165, 1.54) is 4.57 Å². The van der Waals surface area contributed by atoms with Gasteiger partial charge in [-0.15, -0.1) is 0 Å². The highest BCUT2D eigenvalue weighted by atomic mass is 16.5. The average molecular weight is 391 g/mol. The molecule has 6 nitrogen and oxygen atoms in total. The zero-order valence-electron chi connectivity index (χ0n) is 16.5. The Morgan fingerprint density at radius 2 is 1.72 bits per heavy atom. The molecular formula is C23H25N3O3. The van der Waals surface area contributed by atoms with Gasteiger partial charge in [-0.1, -0.05) is 48.5 Å². The molecule has 6 heteroatoms.